The largest absolute Gasteiger partial charge is 0.326 e. The van der Waals surface area contributed by atoms with Crippen LogP contribution in [-0.4, -0.2) is 9.78 Å². The molecule has 17 heavy (non-hydrogen) atoms. The van der Waals surface area contributed by atoms with Crippen molar-refractivity contribution in [3.05, 3.63) is 56.4 Å². The predicted molar refractivity (Wildman–Crippen MR) is 70.2 cm³/mol. The van der Waals surface area contributed by atoms with Crippen LogP contribution < -0.4 is 11.3 Å². The van der Waals surface area contributed by atoms with Crippen LogP contribution in [0.25, 0.3) is 5.69 Å². The van der Waals surface area contributed by atoms with Crippen molar-refractivity contribution in [2.45, 2.75) is 13.5 Å². The van der Waals surface area contributed by atoms with Gasteiger partial charge in [0.2, 0.25) is 0 Å². The molecule has 5 heteroatoms. The molecule has 0 saturated carbocycles. The van der Waals surface area contributed by atoms with Crippen LogP contribution in [0, 0.1) is 6.92 Å². The number of nitrogens with zero attached hydrogens (tertiary/aromatic N) is 2. The standard InChI is InChI=1S/C12H12BrN3O/c1-8-9(7-14)6-12(17)16(15-8)11-4-2-10(13)3-5-11/h2-6H,7,14H2,1H3. The second-order valence-corrected chi connectivity index (χ2v) is 4.60. The fourth-order valence-corrected chi connectivity index (χ4v) is 1.82. The Hall–Kier alpha value is -1.46. The first kappa shape index (κ1) is 12.0. The highest BCUT2D eigenvalue weighted by molar-refractivity contribution is 9.10. The molecule has 0 unspecified atom stereocenters. The number of benzene rings is 1. The lowest BCUT2D eigenvalue weighted by Gasteiger charge is -2.08. The number of aromatic nitrogens is 2. The van der Waals surface area contributed by atoms with Crippen LogP contribution in [0.3, 0.4) is 0 Å². The van der Waals surface area contributed by atoms with Gasteiger partial charge in [-0.15, -0.1) is 0 Å². The molecule has 0 fully saturated rings. The number of hydrogen-bond donors (Lipinski definition) is 1. The number of aryl methyl sites for hydroxylation is 1. The first-order chi connectivity index (χ1) is 8.11. The van der Waals surface area contributed by atoms with E-state index >= 15 is 0 Å². The fraction of sp³-hybridized carbons (Fsp3) is 0.167. The lowest BCUT2D eigenvalue weighted by atomic mass is 10.2. The zero-order valence-corrected chi connectivity index (χ0v) is 10.9. The smallest absolute Gasteiger partial charge is 0.271 e. The summed E-state index contributed by atoms with van der Waals surface area (Å²) in [5.74, 6) is 0. The van der Waals surface area contributed by atoms with Gasteiger partial charge in [0.1, 0.15) is 0 Å². The van der Waals surface area contributed by atoms with Crippen molar-refractivity contribution in [2.24, 2.45) is 5.73 Å². The third kappa shape index (κ3) is 2.45. The first-order valence-corrected chi connectivity index (χ1v) is 5.97. The Morgan fingerprint density at radius 1 is 1.35 bits per heavy atom. The average molecular weight is 294 g/mol. The maximum Gasteiger partial charge on any atom is 0.271 e. The van der Waals surface area contributed by atoms with Gasteiger partial charge in [-0.25, -0.2) is 0 Å². The molecule has 0 aliphatic rings. The SMILES string of the molecule is Cc1nn(-c2ccc(Br)cc2)c(=O)cc1CN. The van der Waals surface area contributed by atoms with E-state index in [2.05, 4.69) is 21.0 Å². The molecular weight excluding hydrogens is 282 g/mol. The van der Waals surface area contributed by atoms with Gasteiger partial charge < -0.3 is 5.73 Å². The number of nitrogens with two attached hydrogens (primary N) is 1. The van der Waals surface area contributed by atoms with Gasteiger partial charge in [-0.2, -0.15) is 9.78 Å². The minimum atomic E-state index is -0.168. The van der Waals surface area contributed by atoms with Crippen molar-refractivity contribution in [2.75, 3.05) is 0 Å². The average Bonchev–Trinajstić information content (AvgIpc) is 2.33. The van der Waals surface area contributed by atoms with E-state index in [1.807, 2.05) is 31.2 Å². The van der Waals surface area contributed by atoms with Gasteiger partial charge >= 0.3 is 0 Å². The molecule has 2 rings (SSSR count). The molecule has 2 N–H and O–H groups in total. The Kier molecular flexibility index (Phi) is 3.40. The molecule has 2 aromatic rings. The normalized spacial score (nSPS) is 10.5. The van der Waals surface area contributed by atoms with Crippen molar-refractivity contribution < 1.29 is 0 Å². The second-order valence-electron chi connectivity index (χ2n) is 3.69. The highest BCUT2D eigenvalue weighted by Gasteiger charge is 2.05. The second kappa shape index (κ2) is 4.81. The van der Waals surface area contributed by atoms with Crippen LogP contribution in [0.1, 0.15) is 11.3 Å². The summed E-state index contributed by atoms with van der Waals surface area (Å²) in [6, 6.07) is 8.94. The van der Waals surface area contributed by atoms with Crippen molar-refractivity contribution in [1.82, 2.24) is 9.78 Å². The molecule has 0 aliphatic heterocycles. The molecule has 0 atom stereocenters. The Balaban J connectivity index is 2.56. The van der Waals surface area contributed by atoms with Gasteiger partial charge in [0.25, 0.3) is 5.56 Å². The Labute approximate surface area is 107 Å². The predicted octanol–water partition coefficient (Wildman–Crippen LogP) is 1.76. The lowest BCUT2D eigenvalue weighted by molar-refractivity contribution is 0.767. The van der Waals surface area contributed by atoms with E-state index in [0.717, 1.165) is 21.4 Å². The minimum Gasteiger partial charge on any atom is -0.326 e. The monoisotopic (exact) mass is 293 g/mol. The Bertz CT molecular complexity index is 590. The van der Waals surface area contributed by atoms with Crippen molar-refractivity contribution in [3.63, 3.8) is 0 Å². The van der Waals surface area contributed by atoms with Crippen LogP contribution in [0.15, 0.2) is 39.6 Å². The van der Waals surface area contributed by atoms with Crippen LogP contribution in [0.4, 0.5) is 0 Å². The van der Waals surface area contributed by atoms with E-state index in [4.69, 9.17) is 5.73 Å². The van der Waals surface area contributed by atoms with E-state index in [1.54, 1.807) is 0 Å². The first-order valence-electron chi connectivity index (χ1n) is 5.17. The molecule has 0 bridgehead atoms. The van der Waals surface area contributed by atoms with E-state index < -0.39 is 0 Å². The maximum atomic E-state index is 11.9. The van der Waals surface area contributed by atoms with E-state index in [1.165, 1.54) is 10.7 Å². The van der Waals surface area contributed by atoms with Gasteiger partial charge in [0.15, 0.2) is 0 Å². The minimum absolute atomic E-state index is 0.168. The molecule has 4 nitrogen and oxygen atoms in total. The summed E-state index contributed by atoms with van der Waals surface area (Å²) < 4.78 is 2.34. The summed E-state index contributed by atoms with van der Waals surface area (Å²) in [5.41, 5.74) is 7.66. The summed E-state index contributed by atoms with van der Waals surface area (Å²) in [6.45, 7) is 2.17. The molecule has 0 spiro atoms. The molecular formula is C12H12BrN3O. The highest BCUT2D eigenvalue weighted by Crippen LogP contribution is 2.12. The molecule has 0 aliphatic carbocycles. The lowest BCUT2D eigenvalue weighted by Crippen LogP contribution is -2.23. The number of rotatable bonds is 2. The molecule has 1 aromatic heterocycles. The van der Waals surface area contributed by atoms with Gasteiger partial charge in [-0.1, -0.05) is 15.9 Å². The summed E-state index contributed by atoms with van der Waals surface area (Å²) in [7, 11) is 0. The molecule has 1 heterocycles. The van der Waals surface area contributed by atoms with Crippen molar-refractivity contribution >= 4 is 15.9 Å². The van der Waals surface area contributed by atoms with Crippen LogP contribution in [-0.2, 0) is 6.54 Å². The number of halogens is 1. The molecule has 88 valence electrons. The quantitative estimate of drug-likeness (QED) is 0.918. The third-order valence-electron chi connectivity index (χ3n) is 2.51. The van der Waals surface area contributed by atoms with Crippen LogP contribution in [0.2, 0.25) is 0 Å². The van der Waals surface area contributed by atoms with Gasteiger partial charge in [0.05, 0.1) is 11.4 Å². The molecule has 0 saturated heterocycles. The highest BCUT2D eigenvalue weighted by atomic mass is 79.9. The molecule has 0 radical (unpaired) electrons. The fourth-order valence-electron chi connectivity index (χ4n) is 1.55. The van der Waals surface area contributed by atoms with E-state index in [0.29, 0.717) is 6.54 Å². The summed E-state index contributed by atoms with van der Waals surface area (Å²) >= 11 is 3.35. The van der Waals surface area contributed by atoms with E-state index in [-0.39, 0.29) is 5.56 Å². The van der Waals surface area contributed by atoms with Crippen LogP contribution in [0.5, 0.6) is 0 Å². The maximum absolute atomic E-state index is 11.9. The molecule has 0 amide bonds. The Morgan fingerprint density at radius 3 is 2.59 bits per heavy atom. The van der Waals surface area contributed by atoms with Crippen molar-refractivity contribution in [3.8, 4) is 5.69 Å². The van der Waals surface area contributed by atoms with Gasteiger partial charge in [-0.3, -0.25) is 4.79 Å². The number of hydrogen-bond acceptors (Lipinski definition) is 3. The van der Waals surface area contributed by atoms with Gasteiger partial charge in [0, 0.05) is 17.1 Å². The van der Waals surface area contributed by atoms with Crippen LogP contribution >= 0.6 is 15.9 Å². The zero-order valence-electron chi connectivity index (χ0n) is 9.35. The topological polar surface area (TPSA) is 60.9 Å². The third-order valence-corrected chi connectivity index (χ3v) is 3.04. The Morgan fingerprint density at radius 2 is 2.00 bits per heavy atom. The van der Waals surface area contributed by atoms with E-state index in [9.17, 15) is 4.79 Å². The van der Waals surface area contributed by atoms with Gasteiger partial charge in [-0.05, 0) is 36.8 Å². The van der Waals surface area contributed by atoms with Crippen molar-refractivity contribution in [1.29, 1.82) is 0 Å². The summed E-state index contributed by atoms with van der Waals surface area (Å²) in [4.78, 5) is 11.9. The summed E-state index contributed by atoms with van der Waals surface area (Å²) in [5, 5.41) is 4.25. The summed E-state index contributed by atoms with van der Waals surface area (Å²) in [6.07, 6.45) is 0. The molecule has 1 aromatic carbocycles. The zero-order chi connectivity index (χ0) is 12.4.